The van der Waals surface area contributed by atoms with Crippen molar-refractivity contribution in [2.75, 3.05) is 11.8 Å². The molecule has 0 unspecified atom stereocenters. The summed E-state index contributed by atoms with van der Waals surface area (Å²) in [4.78, 5) is 29.9. The molecule has 0 aliphatic carbocycles. The average molecular weight is 516 g/mol. The van der Waals surface area contributed by atoms with Gasteiger partial charge in [0.1, 0.15) is 5.56 Å². The van der Waals surface area contributed by atoms with Crippen molar-refractivity contribution >= 4 is 32.5 Å². The third-order valence-electron chi connectivity index (χ3n) is 5.44. The molecule has 0 bridgehead atoms. The molecule has 1 heterocycles. The van der Waals surface area contributed by atoms with Gasteiger partial charge in [-0.05, 0) is 42.0 Å². The second kappa shape index (κ2) is 9.50. The van der Waals surface area contributed by atoms with Crippen LogP contribution in [0.5, 0.6) is 0 Å². The third-order valence-corrected chi connectivity index (χ3v) is 6.82. The number of carbonyl (C=O) groups is 1. The molecule has 11 heteroatoms. The summed E-state index contributed by atoms with van der Waals surface area (Å²) >= 11 is 0. The van der Waals surface area contributed by atoms with Crippen molar-refractivity contribution in [1.82, 2.24) is 9.88 Å². The van der Waals surface area contributed by atoms with Gasteiger partial charge in [-0.2, -0.15) is 13.2 Å². The van der Waals surface area contributed by atoms with Gasteiger partial charge < -0.3 is 9.88 Å². The summed E-state index contributed by atoms with van der Waals surface area (Å²) in [5, 5.41) is -0.0547. The first-order chi connectivity index (χ1) is 17.0. The summed E-state index contributed by atoms with van der Waals surface area (Å²) in [6, 6.07) is 16.5. The fourth-order valence-corrected chi connectivity index (χ4v) is 4.71. The number of rotatable bonds is 6. The van der Waals surface area contributed by atoms with E-state index in [4.69, 9.17) is 0 Å². The molecule has 3 aromatic carbocycles. The summed E-state index contributed by atoms with van der Waals surface area (Å²) < 4.78 is 66.8. The molecular formula is C25H20F3N3O4S. The summed E-state index contributed by atoms with van der Waals surface area (Å²) in [5.41, 5.74) is -1.00. The second-order valence-electron chi connectivity index (χ2n) is 8.07. The first kappa shape index (κ1) is 25.0. The summed E-state index contributed by atoms with van der Waals surface area (Å²) in [6.07, 6.45) is -3.38. The zero-order valence-corrected chi connectivity index (χ0v) is 19.7. The standard InChI is InChI=1S/C25H20F3N3O4S/c1-31(15-16-6-3-2-4-7-16)24(33)21-14-29-22-11-10-19(13-20(22)23(21)32)36(34,35)30-18-9-5-8-17(12-18)25(26,27)28/h2-14,30H,15H2,1H3,(H,29,32). The van der Waals surface area contributed by atoms with Crippen LogP contribution >= 0.6 is 0 Å². The molecule has 4 aromatic rings. The fraction of sp³-hybridized carbons (Fsp3) is 0.120. The summed E-state index contributed by atoms with van der Waals surface area (Å²) in [7, 11) is -2.80. The molecule has 186 valence electrons. The van der Waals surface area contributed by atoms with E-state index in [1.54, 1.807) is 7.05 Å². The number of hydrogen-bond donors (Lipinski definition) is 2. The molecule has 7 nitrogen and oxygen atoms in total. The number of nitrogens with zero attached hydrogens (tertiary/aromatic N) is 1. The number of anilines is 1. The lowest BCUT2D eigenvalue weighted by atomic mass is 10.1. The molecule has 0 aliphatic rings. The van der Waals surface area contributed by atoms with Crippen LogP contribution in [-0.2, 0) is 22.7 Å². The van der Waals surface area contributed by atoms with Crippen LogP contribution in [0.25, 0.3) is 10.9 Å². The van der Waals surface area contributed by atoms with Crippen molar-refractivity contribution in [1.29, 1.82) is 0 Å². The van der Waals surface area contributed by atoms with Crippen molar-refractivity contribution in [3.63, 3.8) is 0 Å². The van der Waals surface area contributed by atoms with Crippen LogP contribution in [0.2, 0.25) is 0 Å². The molecule has 0 saturated carbocycles. The largest absolute Gasteiger partial charge is 0.416 e. The monoisotopic (exact) mass is 515 g/mol. The number of alkyl halides is 3. The molecule has 0 fully saturated rings. The number of benzene rings is 3. The summed E-state index contributed by atoms with van der Waals surface area (Å²) in [6.45, 7) is 0.256. The highest BCUT2D eigenvalue weighted by Crippen LogP contribution is 2.31. The van der Waals surface area contributed by atoms with E-state index in [9.17, 15) is 31.2 Å². The smallest absolute Gasteiger partial charge is 0.360 e. The molecule has 0 radical (unpaired) electrons. The minimum Gasteiger partial charge on any atom is -0.360 e. The van der Waals surface area contributed by atoms with Crippen molar-refractivity contribution in [2.24, 2.45) is 0 Å². The Morgan fingerprint density at radius 2 is 1.72 bits per heavy atom. The molecule has 0 aliphatic heterocycles. The Labute approximate surface area is 204 Å². The Kier molecular flexibility index (Phi) is 6.59. The van der Waals surface area contributed by atoms with E-state index in [0.29, 0.717) is 11.6 Å². The predicted molar refractivity (Wildman–Crippen MR) is 129 cm³/mol. The first-order valence-electron chi connectivity index (χ1n) is 10.6. The minimum atomic E-state index is -4.64. The van der Waals surface area contributed by atoms with E-state index >= 15 is 0 Å². The SMILES string of the molecule is CN(Cc1ccccc1)C(=O)c1c[nH]c2ccc(S(=O)(=O)Nc3cccc(C(F)(F)F)c3)cc2c1=O. The van der Waals surface area contributed by atoms with Crippen LogP contribution in [-0.4, -0.2) is 31.3 Å². The number of aromatic amines is 1. The topological polar surface area (TPSA) is 99.3 Å². The number of sulfonamides is 1. The van der Waals surface area contributed by atoms with Crippen molar-refractivity contribution in [3.05, 3.63) is 106 Å². The van der Waals surface area contributed by atoms with Gasteiger partial charge >= 0.3 is 6.18 Å². The molecule has 2 N–H and O–H groups in total. The van der Waals surface area contributed by atoms with E-state index < -0.39 is 33.1 Å². The van der Waals surface area contributed by atoms with Crippen LogP contribution in [0.4, 0.5) is 18.9 Å². The fourth-order valence-electron chi connectivity index (χ4n) is 3.63. The molecular weight excluding hydrogens is 495 g/mol. The Morgan fingerprint density at radius 1 is 1.00 bits per heavy atom. The number of carbonyl (C=O) groups excluding carboxylic acids is 1. The zero-order chi connectivity index (χ0) is 26.1. The number of fused-ring (bicyclic) bond motifs is 1. The molecule has 0 saturated heterocycles. The number of hydrogen-bond acceptors (Lipinski definition) is 4. The second-order valence-corrected chi connectivity index (χ2v) is 9.75. The number of nitrogens with one attached hydrogen (secondary N) is 2. The molecule has 4 rings (SSSR count). The number of H-pyrrole nitrogens is 1. The van der Waals surface area contributed by atoms with Gasteiger partial charge in [0.2, 0.25) is 5.43 Å². The van der Waals surface area contributed by atoms with E-state index in [2.05, 4.69) is 9.71 Å². The predicted octanol–water partition coefficient (Wildman–Crippen LogP) is 4.62. The highest BCUT2D eigenvalue weighted by atomic mass is 32.2. The third kappa shape index (κ3) is 5.25. The number of pyridine rings is 1. The molecule has 36 heavy (non-hydrogen) atoms. The lowest BCUT2D eigenvalue weighted by molar-refractivity contribution is -0.137. The normalized spacial score (nSPS) is 11.9. The molecule has 1 aromatic heterocycles. The van der Waals surface area contributed by atoms with Crippen LogP contribution in [0.3, 0.4) is 0 Å². The number of aromatic nitrogens is 1. The quantitative estimate of drug-likeness (QED) is 0.392. The van der Waals surface area contributed by atoms with Gasteiger partial charge in [-0.25, -0.2) is 8.42 Å². The van der Waals surface area contributed by atoms with Crippen molar-refractivity contribution in [3.8, 4) is 0 Å². The van der Waals surface area contributed by atoms with E-state index in [1.807, 2.05) is 30.3 Å². The summed E-state index contributed by atoms with van der Waals surface area (Å²) in [5.74, 6) is -0.558. The lowest BCUT2D eigenvalue weighted by Gasteiger charge is -2.17. The van der Waals surface area contributed by atoms with E-state index in [0.717, 1.165) is 23.8 Å². The van der Waals surface area contributed by atoms with Crippen LogP contribution in [0.15, 0.2) is 88.7 Å². The Bertz CT molecular complexity index is 1600. The van der Waals surface area contributed by atoms with Crippen LogP contribution in [0, 0.1) is 0 Å². The van der Waals surface area contributed by atoms with Crippen molar-refractivity contribution < 1.29 is 26.4 Å². The van der Waals surface area contributed by atoms with Crippen LogP contribution < -0.4 is 10.2 Å². The van der Waals surface area contributed by atoms with Crippen molar-refractivity contribution in [2.45, 2.75) is 17.6 Å². The first-order valence-corrected chi connectivity index (χ1v) is 12.1. The van der Waals surface area contributed by atoms with Gasteiger partial charge in [-0.3, -0.25) is 14.3 Å². The van der Waals surface area contributed by atoms with E-state index in [1.165, 1.54) is 29.3 Å². The highest BCUT2D eigenvalue weighted by molar-refractivity contribution is 7.92. The Morgan fingerprint density at radius 3 is 2.42 bits per heavy atom. The van der Waals surface area contributed by atoms with Gasteiger partial charge in [0.25, 0.3) is 15.9 Å². The van der Waals surface area contributed by atoms with Gasteiger partial charge in [-0.1, -0.05) is 36.4 Å². The van der Waals surface area contributed by atoms with E-state index in [-0.39, 0.29) is 28.1 Å². The van der Waals surface area contributed by atoms with Gasteiger partial charge in [-0.15, -0.1) is 0 Å². The minimum absolute atomic E-state index is 0.0547. The maximum atomic E-state index is 13.1. The Hall–Kier alpha value is -4.12. The Balaban J connectivity index is 1.65. The zero-order valence-electron chi connectivity index (χ0n) is 18.8. The maximum Gasteiger partial charge on any atom is 0.416 e. The number of halogens is 3. The maximum absolute atomic E-state index is 13.1. The number of amides is 1. The van der Waals surface area contributed by atoms with Crippen LogP contribution in [0.1, 0.15) is 21.5 Å². The van der Waals surface area contributed by atoms with Gasteiger partial charge in [0.15, 0.2) is 0 Å². The van der Waals surface area contributed by atoms with Gasteiger partial charge in [0, 0.05) is 36.4 Å². The lowest BCUT2D eigenvalue weighted by Crippen LogP contribution is -2.30. The molecule has 1 amide bonds. The average Bonchev–Trinajstić information content (AvgIpc) is 2.84. The van der Waals surface area contributed by atoms with Gasteiger partial charge in [0.05, 0.1) is 10.5 Å². The molecule has 0 atom stereocenters. The molecule has 0 spiro atoms. The highest BCUT2D eigenvalue weighted by Gasteiger charge is 2.31.